The molecule has 6 nitrogen and oxygen atoms in total. The Morgan fingerprint density at radius 1 is 1.25 bits per heavy atom. The summed E-state index contributed by atoms with van der Waals surface area (Å²) in [5.41, 5.74) is 6.94. The summed E-state index contributed by atoms with van der Waals surface area (Å²) in [5.74, 6) is -0.106. The first-order valence-corrected chi connectivity index (χ1v) is 6.56. The fourth-order valence-electron chi connectivity index (χ4n) is 1.74. The van der Waals surface area contributed by atoms with Crippen molar-refractivity contribution in [3.8, 4) is 0 Å². The molecule has 0 aliphatic carbocycles. The van der Waals surface area contributed by atoms with E-state index in [4.69, 9.17) is 5.73 Å². The van der Waals surface area contributed by atoms with Crippen molar-refractivity contribution in [2.75, 3.05) is 38.2 Å². The predicted octanol–water partition coefficient (Wildman–Crippen LogP) is 0.665. The lowest BCUT2D eigenvalue weighted by atomic mass is 10.2. The van der Waals surface area contributed by atoms with E-state index in [0.717, 1.165) is 0 Å². The first kappa shape index (κ1) is 16.0. The third kappa shape index (κ3) is 5.71. The van der Waals surface area contributed by atoms with Crippen molar-refractivity contribution in [2.45, 2.75) is 12.8 Å². The van der Waals surface area contributed by atoms with E-state index >= 15 is 0 Å². The number of benzene rings is 1. The van der Waals surface area contributed by atoms with E-state index in [0.29, 0.717) is 37.3 Å². The van der Waals surface area contributed by atoms with E-state index in [2.05, 4.69) is 10.6 Å². The number of para-hydroxylation sites is 2. The van der Waals surface area contributed by atoms with E-state index in [1.54, 1.807) is 19.2 Å². The maximum absolute atomic E-state index is 11.8. The van der Waals surface area contributed by atoms with Gasteiger partial charge in [0.05, 0.1) is 17.9 Å². The summed E-state index contributed by atoms with van der Waals surface area (Å²) in [6.45, 7) is 1.02. The molecule has 2 amide bonds. The van der Waals surface area contributed by atoms with Crippen molar-refractivity contribution < 1.29 is 9.59 Å². The Morgan fingerprint density at radius 3 is 2.60 bits per heavy atom. The third-order valence-electron chi connectivity index (χ3n) is 2.87. The second-order valence-electron chi connectivity index (χ2n) is 4.65. The first-order valence-electron chi connectivity index (χ1n) is 6.56. The van der Waals surface area contributed by atoms with Crippen LogP contribution in [-0.2, 0) is 9.59 Å². The van der Waals surface area contributed by atoms with Gasteiger partial charge in [0.15, 0.2) is 0 Å². The third-order valence-corrected chi connectivity index (χ3v) is 2.87. The van der Waals surface area contributed by atoms with Gasteiger partial charge >= 0.3 is 0 Å². The van der Waals surface area contributed by atoms with E-state index in [-0.39, 0.29) is 11.8 Å². The Hall–Kier alpha value is -2.08. The SMILES string of the molecule is CNC(=O)CN(C)CCCC(=O)Nc1ccccc1N. The van der Waals surface area contributed by atoms with Gasteiger partial charge in [0.1, 0.15) is 0 Å². The Kier molecular flexibility index (Phi) is 6.52. The van der Waals surface area contributed by atoms with Gasteiger partial charge in [-0.15, -0.1) is 0 Å². The fourth-order valence-corrected chi connectivity index (χ4v) is 1.74. The smallest absolute Gasteiger partial charge is 0.233 e. The zero-order valence-corrected chi connectivity index (χ0v) is 12.0. The van der Waals surface area contributed by atoms with E-state index in [1.807, 2.05) is 24.1 Å². The average Bonchev–Trinajstić information content (AvgIpc) is 2.41. The molecule has 0 spiro atoms. The zero-order valence-electron chi connectivity index (χ0n) is 12.0. The average molecular weight is 278 g/mol. The summed E-state index contributed by atoms with van der Waals surface area (Å²) in [6, 6.07) is 7.15. The Balaban J connectivity index is 2.27. The van der Waals surface area contributed by atoms with Crippen LogP contribution in [0.3, 0.4) is 0 Å². The topological polar surface area (TPSA) is 87.5 Å². The van der Waals surface area contributed by atoms with Crippen LogP contribution in [0.15, 0.2) is 24.3 Å². The number of rotatable bonds is 7. The molecule has 0 saturated carbocycles. The van der Waals surface area contributed by atoms with Crippen LogP contribution in [-0.4, -0.2) is 43.9 Å². The molecular weight excluding hydrogens is 256 g/mol. The summed E-state index contributed by atoms with van der Waals surface area (Å²) >= 11 is 0. The predicted molar refractivity (Wildman–Crippen MR) is 80.3 cm³/mol. The standard InChI is InChI=1S/C14H22N4O2/c1-16-14(20)10-18(2)9-5-8-13(19)17-12-7-4-3-6-11(12)15/h3-4,6-7H,5,8-10,15H2,1-2H3,(H,16,20)(H,17,19). The highest BCUT2D eigenvalue weighted by atomic mass is 16.2. The first-order chi connectivity index (χ1) is 9.52. The van der Waals surface area contributed by atoms with Crippen molar-refractivity contribution in [3.05, 3.63) is 24.3 Å². The Bertz CT molecular complexity index is 462. The summed E-state index contributed by atoms with van der Waals surface area (Å²) in [6.07, 6.45) is 1.08. The molecule has 0 radical (unpaired) electrons. The van der Waals surface area contributed by atoms with Gasteiger partial charge in [-0.25, -0.2) is 0 Å². The number of anilines is 2. The van der Waals surface area contributed by atoms with Crippen LogP contribution < -0.4 is 16.4 Å². The van der Waals surface area contributed by atoms with Crippen LogP contribution in [0.4, 0.5) is 11.4 Å². The summed E-state index contributed by atoms with van der Waals surface area (Å²) < 4.78 is 0. The number of carbonyl (C=O) groups is 2. The van der Waals surface area contributed by atoms with Crippen molar-refractivity contribution in [1.29, 1.82) is 0 Å². The molecule has 0 aromatic heterocycles. The highest BCUT2D eigenvalue weighted by Crippen LogP contribution is 2.16. The number of likely N-dealkylation sites (N-methyl/N-ethyl adjacent to an activating group) is 2. The number of nitrogens with one attached hydrogen (secondary N) is 2. The largest absolute Gasteiger partial charge is 0.397 e. The second kappa shape index (κ2) is 8.16. The number of hydrogen-bond donors (Lipinski definition) is 3. The van der Waals surface area contributed by atoms with Crippen LogP contribution >= 0.6 is 0 Å². The molecule has 0 bridgehead atoms. The normalized spacial score (nSPS) is 10.3. The molecule has 0 aliphatic rings. The van der Waals surface area contributed by atoms with Crippen molar-refractivity contribution >= 4 is 23.2 Å². The second-order valence-corrected chi connectivity index (χ2v) is 4.65. The number of nitrogen functional groups attached to an aromatic ring is 1. The van der Waals surface area contributed by atoms with Crippen molar-refractivity contribution in [3.63, 3.8) is 0 Å². The minimum atomic E-state index is -0.0729. The van der Waals surface area contributed by atoms with Gasteiger partial charge in [-0.3, -0.25) is 14.5 Å². The summed E-state index contributed by atoms with van der Waals surface area (Å²) in [5, 5.41) is 5.33. The molecule has 1 aromatic carbocycles. The molecule has 1 aromatic rings. The van der Waals surface area contributed by atoms with E-state index in [9.17, 15) is 9.59 Å². The van der Waals surface area contributed by atoms with Crippen molar-refractivity contribution in [1.82, 2.24) is 10.2 Å². The van der Waals surface area contributed by atoms with Gasteiger partial charge in [0.2, 0.25) is 11.8 Å². The minimum absolute atomic E-state index is 0.0333. The Morgan fingerprint density at radius 2 is 1.95 bits per heavy atom. The molecule has 0 unspecified atom stereocenters. The maximum Gasteiger partial charge on any atom is 0.233 e. The fraction of sp³-hybridized carbons (Fsp3) is 0.429. The molecule has 0 atom stereocenters. The lowest BCUT2D eigenvalue weighted by Gasteiger charge is -2.15. The molecule has 0 aliphatic heterocycles. The van der Waals surface area contributed by atoms with Gasteiger partial charge in [-0.05, 0) is 32.1 Å². The molecular formula is C14H22N4O2. The van der Waals surface area contributed by atoms with Gasteiger partial charge < -0.3 is 16.4 Å². The quantitative estimate of drug-likeness (QED) is 0.640. The van der Waals surface area contributed by atoms with Crippen LogP contribution in [0.2, 0.25) is 0 Å². The van der Waals surface area contributed by atoms with E-state index < -0.39 is 0 Å². The van der Waals surface area contributed by atoms with Gasteiger partial charge in [-0.1, -0.05) is 12.1 Å². The van der Waals surface area contributed by atoms with E-state index in [1.165, 1.54) is 0 Å². The number of amides is 2. The lowest BCUT2D eigenvalue weighted by Crippen LogP contribution is -2.33. The van der Waals surface area contributed by atoms with Crippen molar-refractivity contribution in [2.24, 2.45) is 0 Å². The monoisotopic (exact) mass is 278 g/mol. The molecule has 110 valence electrons. The van der Waals surface area contributed by atoms with Gasteiger partial charge in [-0.2, -0.15) is 0 Å². The summed E-state index contributed by atoms with van der Waals surface area (Å²) in [7, 11) is 3.45. The minimum Gasteiger partial charge on any atom is -0.397 e. The zero-order chi connectivity index (χ0) is 15.0. The highest BCUT2D eigenvalue weighted by molar-refractivity contribution is 5.93. The maximum atomic E-state index is 11.8. The van der Waals surface area contributed by atoms with Crippen LogP contribution in [0, 0.1) is 0 Å². The molecule has 20 heavy (non-hydrogen) atoms. The van der Waals surface area contributed by atoms with Gasteiger partial charge in [0, 0.05) is 13.5 Å². The van der Waals surface area contributed by atoms with Crippen LogP contribution in [0.25, 0.3) is 0 Å². The molecule has 1 rings (SSSR count). The molecule has 0 saturated heterocycles. The molecule has 4 N–H and O–H groups in total. The number of carbonyl (C=O) groups excluding carboxylic acids is 2. The molecule has 0 fully saturated rings. The number of nitrogens with two attached hydrogens (primary N) is 1. The summed E-state index contributed by atoms with van der Waals surface area (Å²) in [4.78, 5) is 24.8. The lowest BCUT2D eigenvalue weighted by molar-refractivity contribution is -0.121. The number of hydrogen-bond acceptors (Lipinski definition) is 4. The van der Waals surface area contributed by atoms with Crippen LogP contribution in [0.1, 0.15) is 12.8 Å². The molecule has 0 heterocycles. The number of nitrogens with zero attached hydrogens (tertiary/aromatic N) is 1. The Labute approximate surface area is 119 Å². The molecule has 6 heteroatoms. The van der Waals surface area contributed by atoms with Gasteiger partial charge in [0.25, 0.3) is 0 Å². The highest BCUT2D eigenvalue weighted by Gasteiger charge is 2.07. The van der Waals surface area contributed by atoms with Crippen LogP contribution in [0.5, 0.6) is 0 Å².